The molecule has 0 unspecified atom stereocenters. The molecule has 1 amide bonds. The second-order valence-electron chi connectivity index (χ2n) is 4.77. The number of nitrogens with one attached hydrogen (secondary N) is 1. The zero-order valence-corrected chi connectivity index (χ0v) is 11.3. The number of carbonyl (C=O) groups is 1. The zero-order chi connectivity index (χ0) is 13.3. The fraction of sp³-hybridized carbons (Fsp3) is 0.533. The second kappa shape index (κ2) is 7.92. The molecule has 0 bridgehead atoms. The predicted molar refractivity (Wildman–Crippen MR) is 75.0 cm³/mol. The van der Waals surface area contributed by atoms with Crippen LogP contribution in [0.4, 0.5) is 0 Å². The maximum atomic E-state index is 11.8. The lowest BCUT2D eigenvalue weighted by Crippen LogP contribution is -2.47. The van der Waals surface area contributed by atoms with Gasteiger partial charge in [0.1, 0.15) is 6.61 Å². The first-order chi connectivity index (χ1) is 9.36. The van der Waals surface area contributed by atoms with E-state index in [-0.39, 0.29) is 12.5 Å². The average molecular weight is 262 g/mol. The summed E-state index contributed by atoms with van der Waals surface area (Å²) in [7, 11) is 0. The lowest BCUT2D eigenvalue weighted by molar-refractivity contribution is -0.136. The molecule has 4 nitrogen and oxygen atoms in total. The maximum Gasteiger partial charge on any atom is 0.248 e. The minimum atomic E-state index is 0.112. The van der Waals surface area contributed by atoms with Crippen LogP contribution >= 0.6 is 0 Å². The lowest BCUT2D eigenvalue weighted by atomic mass is 10.1. The predicted octanol–water partition coefficient (Wildman–Crippen LogP) is 1.07. The van der Waals surface area contributed by atoms with Crippen molar-refractivity contribution in [1.82, 2.24) is 10.2 Å². The van der Waals surface area contributed by atoms with Crippen LogP contribution in [0, 0.1) is 0 Å². The van der Waals surface area contributed by atoms with Gasteiger partial charge in [-0.3, -0.25) is 4.79 Å². The van der Waals surface area contributed by atoms with Crippen LogP contribution in [0.3, 0.4) is 0 Å². The van der Waals surface area contributed by atoms with Gasteiger partial charge < -0.3 is 15.0 Å². The molecule has 4 heteroatoms. The molecule has 1 N–H and O–H groups in total. The van der Waals surface area contributed by atoms with Gasteiger partial charge in [-0.15, -0.1) is 0 Å². The van der Waals surface area contributed by atoms with Crippen molar-refractivity contribution in [3.63, 3.8) is 0 Å². The van der Waals surface area contributed by atoms with Gasteiger partial charge in [0.15, 0.2) is 0 Å². The smallest absolute Gasteiger partial charge is 0.248 e. The highest BCUT2D eigenvalue weighted by Gasteiger charge is 2.15. The van der Waals surface area contributed by atoms with Crippen LogP contribution in [-0.4, -0.2) is 50.2 Å². The fourth-order valence-electron chi connectivity index (χ4n) is 2.19. The number of rotatable bonds is 6. The van der Waals surface area contributed by atoms with Gasteiger partial charge in [0.2, 0.25) is 5.91 Å². The number of hydrogen-bond acceptors (Lipinski definition) is 3. The van der Waals surface area contributed by atoms with Gasteiger partial charge in [-0.05, 0) is 18.4 Å². The molecule has 1 aliphatic heterocycles. The SMILES string of the molecule is O=C(COCCCc1ccccc1)N1CCNCC1. The first-order valence-corrected chi connectivity index (χ1v) is 6.96. The first-order valence-electron chi connectivity index (χ1n) is 6.96. The van der Waals surface area contributed by atoms with Crippen LogP contribution < -0.4 is 5.32 Å². The van der Waals surface area contributed by atoms with E-state index in [2.05, 4.69) is 17.4 Å². The van der Waals surface area contributed by atoms with Gasteiger partial charge in [-0.1, -0.05) is 30.3 Å². The van der Waals surface area contributed by atoms with E-state index in [1.54, 1.807) is 0 Å². The Morgan fingerprint density at radius 3 is 2.68 bits per heavy atom. The summed E-state index contributed by atoms with van der Waals surface area (Å²) in [5.74, 6) is 0.112. The van der Waals surface area contributed by atoms with Crippen LogP contribution in [0.1, 0.15) is 12.0 Å². The van der Waals surface area contributed by atoms with Gasteiger partial charge in [0.25, 0.3) is 0 Å². The third-order valence-corrected chi connectivity index (χ3v) is 3.29. The number of nitrogens with zero attached hydrogens (tertiary/aromatic N) is 1. The monoisotopic (exact) mass is 262 g/mol. The fourth-order valence-corrected chi connectivity index (χ4v) is 2.19. The standard InChI is InChI=1S/C15H22N2O2/c18-15(17-10-8-16-9-11-17)13-19-12-4-7-14-5-2-1-3-6-14/h1-3,5-6,16H,4,7-13H2. The van der Waals surface area contributed by atoms with Crippen LogP contribution in [0.5, 0.6) is 0 Å². The summed E-state index contributed by atoms with van der Waals surface area (Å²) in [4.78, 5) is 13.7. The van der Waals surface area contributed by atoms with Crippen molar-refractivity contribution >= 4 is 5.91 Å². The molecular formula is C15H22N2O2. The number of aryl methyl sites for hydroxylation is 1. The Kier molecular flexibility index (Phi) is 5.85. The third-order valence-electron chi connectivity index (χ3n) is 3.29. The van der Waals surface area contributed by atoms with E-state index in [1.165, 1.54) is 5.56 Å². The molecule has 1 fully saturated rings. The summed E-state index contributed by atoms with van der Waals surface area (Å²) in [5.41, 5.74) is 1.32. The average Bonchev–Trinajstić information content (AvgIpc) is 2.49. The molecule has 0 aliphatic carbocycles. The van der Waals surface area contributed by atoms with E-state index in [9.17, 15) is 4.79 Å². The Morgan fingerprint density at radius 2 is 1.95 bits per heavy atom. The van der Waals surface area contributed by atoms with Crippen molar-refractivity contribution in [1.29, 1.82) is 0 Å². The highest BCUT2D eigenvalue weighted by atomic mass is 16.5. The number of carbonyl (C=O) groups excluding carboxylic acids is 1. The molecule has 0 atom stereocenters. The number of benzene rings is 1. The molecule has 1 aromatic carbocycles. The van der Waals surface area contributed by atoms with Crippen molar-refractivity contribution in [2.75, 3.05) is 39.4 Å². The molecule has 1 heterocycles. The normalized spacial score (nSPS) is 15.5. The zero-order valence-electron chi connectivity index (χ0n) is 11.3. The molecule has 0 radical (unpaired) electrons. The van der Waals surface area contributed by atoms with Gasteiger partial charge in [0, 0.05) is 32.8 Å². The molecule has 2 rings (SSSR count). The Balaban J connectivity index is 1.55. The number of amides is 1. The molecule has 0 saturated carbocycles. The number of hydrogen-bond donors (Lipinski definition) is 1. The Bertz CT molecular complexity index is 375. The second-order valence-corrected chi connectivity index (χ2v) is 4.77. The van der Waals surface area contributed by atoms with Crippen molar-refractivity contribution in [2.24, 2.45) is 0 Å². The minimum Gasteiger partial charge on any atom is -0.372 e. The largest absolute Gasteiger partial charge is 0.372 e. The number of piperazine rings is 1. The maximum absolute atomic E-state index is 11.8. The molecule has 1 saturated heterocycles. The highest BCUT2D eigenvalue weighted by molar-refractivity contribution is 5.77. The van der Waals surface area contributed by atoms with E-state index in [1.807, 2.05) is 23.1 Å². The van der Waals surface area contributed by atoms with E-state index < -0.39 is 0 Å². The summed E-state index contributed by atoms with van der Waals surface area (Å²) in [6.45, 7) is 4.24. The summed E-state index contributed by atoms with van der Waals surface area (Å²) >= 11 is 0. The highest BCUT2D eigenvalue weighted by Crippen LogP contribution is 2.02. The van der Waals surface area contributed by atoms with Crippen molar-refractivity contribution < 1.29 is 9.53 Å². The van der Waals surface area contributed by atoms with Crippen molar-refractivity contribution in [3.8, 4) is 0 Å². The van der Waals surface area contributed by atoms with Crippen LogP contribution in [0.25, 0.3) is 0 Å². The molecule has 0 spiro atoms. The van der Waals surface area contributed by atoms with Crippen LogP contribution in [0.2, 0.25) is 0 Å². The van der Waals surface area contributed by atoms with E-state index in [0.29, 0.717) is 6.61 Å². The van der Waals surface area contributed by atoms with Crippen molar-refractivity contribution in [3.05, 3.63) is 35.9 Å². The Labute approximate surface area is 114 Å². The first kappa shape index (κ1) is 14.0. The third kappa shape index (κ3) is 5.01. The van der Waals surface area contributed by atoms with Gasteiger partial charge in [0.05, 0.1) is 0 Å². The minimum absolute atomic E-state index is 0.112. The van der Waals surface area contributed by atoms with Crippen LogP contribution in [-0.2, 0) is 16.0 Å². The summed E-state index contributed by atoms with van der Waals surface area (Å²) in [5, 5.41) is 3.23. The molecular weight excluding hydrogens is 240 g/mol. The van der Waals surface area contributed by atoms with Gasteiger partial charge >= 0.3 is 0 Å². The topological polar surface area (TPSA) is 41.6 Å². The number of ether oxygens (including phenoxy) is 1. The van der Waals surface area contributed by atoms with Crippen molar-refractivity contribution in [2.45, 2.75) is 12.8 Å². The Hall–Kier alpha value is -1.39. The molecule has 0 aromatic heterocycles. The van der Waals surface area contributed by atoms with E-state index >= 15 is 0 Å². The summed E-state index contributed by atoms with van der Waals surface area (Å²) in [6.07, 6.45) is 1.96. The Morgan fingerprint density at radius 1 is 1.21 bits per heavy atom. The molecule has 1 aromatic rings. The van der Waals surface area contributed by atoms with Crippen LogP contribution in [0.15, 0.2) is 30.3 Å². The molecule has 1 aliphatic rings. The van der Waals surface area contributed by atoms with Gasteiger partial charge in [-0.25, -0.2) is 0 Å². The molecule has 104 valence electrons. The molecule has 19 heavy (non-hydrogen) atoms. The van der Waals surface area contributed by atoms with Gasteiger partial charge in [-0.2, -0.15) is 0 Å². The van der Waals surface area contributed by atoms with E-state index in [0.717, 1.165) is 39.0 Å². The summed E-state index contributed by atoms with van der Waals surface area (Å²) < 4.78 is 5.46. The van der Waals surface area contributed by atoms with E-state index in [4.69, 9.17) is 4.74 Å². The quantitative estimate of drug-likeness (QED) is 0.780. The summed E-state index contributed by atoms with van der Waals surface area (Å²) in [6, 6.07) is 10.3. The lowest BCUT2D eigenvalue weighted by Gasteiger charge is -2.27.